The minimum Gasteiger partial charge on any atom is -0.493 e. The van der Waals surface area contributed by atoms with Crippen LogP contribution in [0.3, 0.4) is 0 Å². The maximum absolute atomic E-state index is 6.53. The molecule has 0 aromatic heterocycles. The smallest absolute Gasteiger partial charge is 0.180 e. The second-order valence-corrected chi connectivity index (χ2v) is 7.86. The van der Waals surface area contributed by atoms with E-state index in [1.807, 2.05) is 18.2 Å². The fraction of sp³-hybridized carbons (Fsp3) is 0.478. The van der Waals surface area contributed by atoms with Crippen molar-refractivity contribution >= 4 is 11.6 Å². The molecule has 0 atom stereocenters. The molecule has 0 heterocycles. The largest absolute Gasteiger partial charge is 0.493 e. The van der Waals surface area contributed by atoms with Crippen molar-refractivity contribution in [3.63, 3.8) is 0 Å². The van der Waals surface area contributed by atoms with E-state index in [-0.39, 0.29) is 0 Å². The number of benzene rings is 2. The summed E-state index contributed by atoms with van der Waals surface area (Å²) in [6.45, 7) is 3.35. The number of halogens is 1. The number of nitrogens with one attached hydrogen (secondary N) is 1. The van der Waals surface area contributed by atoms with Crippen LogP contribution in [0, 0.1) is 6.92 Å². The van der Waals surface area contributed by atoms with Gasteiger partial charge in [0.15, 0.2) is 11.5 Å². The maximum atomic E-state index is 6.53. The quantitative estimate of drug-likeness (QED) is 0.586. The van der Waals surface area contributed by atoms with Crippen LogP contribution in [0.5, 0.6) is 11.5 Å². The third-order valence-electron chi connectivity index (χ3n) is 5.20. The molecule has 2 aromatic carbocycles. The lowest BCUT2D eigenvalue weighted by atomic mass is 10.1. The molecule has 0 spiro atoms. The second kappa shape index (κ2) is 10.0. The second-order valence-electron chi connectivity index (χ2n) is 7.46. The first kappa shape index (κ1) is 20.0. The van der Waals surface area contributed by atoms with Gasteiger partial charge in [-0.15, -0.1) is 0 Å². The summed E-state index contributed by atoms with van der Waals surface area (Å²) in [7, 11) is 1.66. The Morgan fingerprint density at radius 1 is 1.04 bits per heavy atom. The highest BCUT2D eigenvalue weighted by atomic mass is 35.5. The van der Waals surface area contributed by atoms with Gasteiger partial charge in [0, 0.05) is 12.6 Å². The Bertz CT molecular complexity index is 739. The lowest BCUT2D eigenvalue weighted by Crippen LogP contribution is -2.27. The van der Waals surface area contributed by atoms with Crippen molar-refractivity contribution in [3.05, 3.63) is 58.1 Å². The van der Waals surface area contributed by atoms with E-state index in [0.717, 1.165) is 17.7 Å². The summed E-state index contributed by atoms with van der Waals surface area (Å²) >= 11 is 6.53. The summed E-state index contributed by atoms with van der Waals surface area (Å²) in [4.78, 5) is 0. The Kier molecular flexibility index (Phi) is 7.42. The van der Waals surface area contributed by atoms with Crippen LogP contribution < -0.4 is 14.8 Å². The van der Waals surface area contributed by atoms with Crippen molar-refractivity contribution in [3.8, 4) is 11.5 Å². The zero-order valence-electron chi connectivity index (χ0n) is 16.4. The van der Waals surface area contributed by atoms with Crippen molar-refractivity contribution in [1.82, 2.24) is 5.32 Å². The highest BCUT2D eigenvalue weighted by Crippen LogP contribution is 2.37. The Hall–Kier alpha value is -1.71. The predicted molar refractivity (Wildman–Crippen MR) is 112 cm³/mol. The Morgan fingerprint density at radius 2 is 1.81 bits per heavy atom. The van der Waals surface area contributed by atoms with Crippen LogP contribution in [0.15, 0.2) is 36.4 Å². The minimum absolute atomic E-state index is 0.470. The van der Waals surface area contributed by atoms with Gasteiger partial charge in [-0.25, -0.2) is 0 Å². The summed E-state index contributed by atoms with van der Waals surface area (Å²) in [6.07, 6.45) is 7.92. The summed E-state index contributed by atoms with van der Waals surface area (Å²) in [5, 5.41) is 4.28. The molecule has 0 unspecified atom stereocenters. The monoisotopic (exact) mass is 387 g/mol. The summed E-state index contributed by atoms with van der Waals surface area (Å²) < 4.78 is 11.5. The van der Waals surface area contributed by atoms with Gasteiger partial charge in [-0.3, -0.25) is 0 Å². The van der Waals surface area contributed by atoms with Gasteiger partial charge in [0.05, 0.1) is 12.1 Å². The van der Waals surface area contributed by atoms with Gasteiger partial charge in [-0.1, -0.05) is 67.1 Å². The Labute approximate surface area is 168 Å². The highest BCUT2D eigenvalue weighted by molar-refractivity contribution is 6.32. The van der Waals surface area contributed by atoms with Crippen LogP contribution in [-0.4, -0.2) is 13.2 Å². The number of methoxy groups -OCH3 is 1. The number of ether oxygens (including phenoxy) is 2. The van der Waals surface area contributed by atoms with Gasteiger partial charge in [-0.2, -0.15) is 0 Å². The lowest BCUT2D eigenvalue weighted by molar-refractivity contribution is 0.284. The Morgan fingerprint density at radius 3 is 2.52 bits per heavy atom. The summed E-state index contributed by atoms with van der Waals surface area (Å²) in [5.74, 6) is 1.30. The van der Waals surface area contributed by atoms with E-state index in [4.69, 9.17) is 21.1 Å². The average molecular weight is 388 g/mol. The zero-order chi connectivity index (χ0) is 19.1. The molecule has 0 bridgehead atoms. The van der Waals surface area contributed by atoms with Crippen LogP contribution in [0.2, 0.25) is 5.02 Å². The molecule has 3 rings (SSSR count). The zero-order valence-corrected chi connectivity index (χ0v) is 17.1. The molecule has 0 saturated heterocycles. The molecule has 0 aliphatic heterocycles. The number of hydrogen-bond donors (Lipinski definition) is 1. The molecule has 1 aliphatic carbocycles. The first-order valence-electron chi connectivity index (χ1n) is 9.94. The fourth-order valence-corrected chi connectivity index (χ4v) is 4.01. The van der Waals surface area contributed by atoms with Crippen molar-refractivity contribution < 1.29 is 9.47 Å². The topological polar surface area (TPSA) is 30.5 Å². The first-order chi connectivity index (χ1) is 13.2. The number of hydrogen-bond acceptors (Lipinski definition) is 3. The average Bonchev–Trinajstić information content (AvgIpc) is 2.94. The van der Waals surface area contributed by atoms with Crippen molar-refractivity contribution in [2.75, 3.05) is 7.11 Å². The summed E-state index contributed by atoms with van der Waals surface area (Å²) in [5.41, 5.74) is 3.46. The van der Waals surface area contributed by atoms with Gasteiger partial charge in [0.25, 0.3) is 0 Å². The predicted octanol–water partition coefficient (Wildman–Crippen LogP) is 6.05. The molecule has 0 amide bonds. The third-order valence-corrected chi connectivity index (χ3v) is 5.49. The van der Waals surface area contributed by atoms with Crippen LogP contribution in [0.4, 0.5) is 0 Å². The molecule has 1 aliphatic rings. The van der Waals surface area contributed by atoms with Crippen LogP contribution in [0.25, 0.3) is 0 Å². The van der Waals surface area contributed by atoms with E-state index in [0.29, 0.717) is 29.2 Å². The summed E-state index contributed by atoms with van der Waals surface area (Å²) in [6, 6.07) is 12.9. The van der Waals surface area contributed by atoms with Crippen molar-refractivity contribution in [1.29, 1.82) is 0 Å². The van der Waals surface area contributed by atoms with E-state index in [1.165, 1.54) is 44.1 Å². The van der Waals surface area contributed by atoms with Crippen LogP contribution >= 0.6 is 11.6 Å². The van der Waals surface area contributed by atoms with Crippen LogP contribution in [-0.2, 0) is 13.2 Å². The highest BCUT2D eigenvalue weighted by Gasteiger charge is 2.15. The number of aryl methyl sites for hydroxylation is 1. The minimum atomic E-state index is 0.470. The van der Waals surface area contributed by atoms with E-state index in [9.17, 15) is 0 Å². The van der Waals surface area contributed by atoms with E-state index >= 15 is 0 Å². The molecular weight excluding hydrogens is 358 g/mol. The molecule has 1 N–H and O–H groups in total. The standard InChI is InChI=1S/C23H30ClNO2/c1-17-8-7-9-18(12-17)16-27-23-21(24)13-19(14-22(23)26-2)15-25-20-10-5-3-4-6-11-20/h7-9,12-14,20,25H,3-6,10-11,15-16H2,1-2H3. The Balaban J connectivity index is 1.65. The van der Waals surface area contributed by atoms with Gasteiger partial charge in [-0.05, 0) is 43.0 Å². The van der Waals surface area contributed by atoms with E-state index < -0.39 is 0 Å². The molecule has 2 aromatic rings. The molecule has 27 heavy (non-hydrogen) atoms. The third kappa shape index (κ3) is 5.88. The normalized spacial score (nSPS) is 15.4. The maximum Gasteiger partial charge on any atom is 0.180 e. The lowest BCUT2D eigenvalue weighted by Gasteiger charge is -2.18. The molecule has 1 saturated carbocycles. The first-order valence-corrected chi connectivity index (χ1v) is 10.3. The van der Waals surface area contributed by atoms with Gasteiger partial charge in [0.2, 0.25) is 0 Å². The number of rotatable bonds is 7. The molecular formula is C23H30ClNO2. The van der Waals surface area contributed by atoms with E-state index in [2.05, 4.69) is 30.4 Å². The molecule has 0 radical (unpaired) electrons. The van der Waals surface area contributed by atoms with Crippen molar-refractivity contribution in [2.45, 2.75) is 64.6 Å². The fourth-order valence-electron chi connectivity index (χ4n) is 3.72. The molecule has 3 nitrogen and oxygen atoms in total. The van der Waals surface area contributed by atoms with Crippen LogP contribution in [0.1, 0.15) is 55.2 Å². The molecule has 1 fully saturated rings. The van der Waals surface area contributed by atoms with E-state index in [1.54, 1.807) is 7.11 Å². The SMILES string of the molecule is COc1cc(CNC2CCCCCC2)cc(Cl)c1OCc1cccc(C)c1. The van der Waals surface area contributed by atoms with Gasteiger partial charge < -0.3 is 14.8 Å². The molecule has 4 heteroatoms. The van der Waals surface area contributed by atoms with Gasteiger partial charge >= 0.3 is 0 Å². The van der Waals surface area contributed by atoms with Gasteiger partial charge in [0.1, 0.15) is 6.61 Å². The molecule has 146 valence electrons. The van der Waals surface area contributed by atoms with Crippen molar-refractivity contribution in [2.24, 2.45) is 0 Å².